The van der Waals surface area contributed by atoms with Crippen LogP contribution in [-0.4, -0.2) is 12.6 Å². The van der Waals surface area contributed by atoms with Gasteiger partial charge in [0.05, 0.1) is 0 Å². The molecular formula is C16H26FN. The fraction of sp³-hybridized carbons (Fsp3) is 0.625. The molecule has 0 aliphatic heterocycles. The number of nitrogens with one attached hydrogen (secondary N) is 1. The molecule has 1 N–H and O–H groups in total. The van der Waals surface area contributed by atoms with Crippen molar-refractivity contribution in [3.63, 3.8) is 0 Å². The molecule has 0 aliphatic carbocycles. The fourth-order valence-corrected chi connectivity index (χ4v) is 2.39. The molecule has 0 aliphatic rings. The molecule has 1 unspecified atom stereocenters. The average molecular weight is 251 g/mol. The van der Waals surface area contributed by atoms with Crippen molar-refractivity contribution in [2.75, 3.05) is 6.54 Å². The van der Waals surface area contributed by atoms with E-state index in [0.29, 0.717) is 12.0 Å². The summed E-state index contributed by atoms with van der Waals surface area (Å²) in [5.41, 5.74) is 2.34. The first kappa shape index (κ1) is 15.2. The van der Waals surface area contributed by atoms with E-state index in [2.05, 4.69) is 26.1 Å². The Hall–Kier alpha value is -0.890. The van der Waals surface area contributed by atoms with Gasteiger partial charge in [0.1, 0.15) is 5.82 Å². The minimum Gasteiger partial charge on any atom is -0.314 e. The minimum atomic E-state index is -0.135. The summed E-state index contributed by atoms with van der Waals surface area (Å²) in [5, 5.41) is 3.53. The number of hydrogen-bond donors (Lipinski definition) is 1. The molecule has 0 saturated carbocycles. The number of rotatable bonds is 7. The van der Waals surface area contributed by atoms with Crippen LogP contribution in [0.2, 0.25) is 0 Å². The maximum absolute atomic E-state index is 13.0. The van der Waals surface area contributed by atoms with Crippen molar-refractivity contribution in [1.29, 1.82) is 0 Å². The number of hydrogen-bond acceptors (Lipinski definition) is 1. The summed E-state index contributed by atoms with van der Waals surface area (Å²) in [7, 11) is 0. The van der Waals surface area contributed by atoms with Crippen molar-refractivity contribution in [2.24, 2.45) is 5.92 Å². The predicted octanol–water partition coefficient (Wildman–Crippen LogP) is 4.09. The van der Waals surface area contributed by atoms with Gasteiger partial charge in [0.2, 0.25) is 0 Å². The van der Waals surface area contributed by atoms with Crippen molar-refractivity contribution < 1.29 is 4.39 Å². The summed E-state index contributed by atoms with van der Waals surface area (Å²) in [6, 6.07) is 5.70. The summed E-state index contributed by atoms with van der Waals surface area (Å²) >= 11 is 0. The van der Waals surface area contributed by atoms with Gasteiger partial charge in [-0.15, -0.1) is 0 Å². The third kappa shape index (κ3) is 4.77. The highest BCUT2D eigenvalue weighted by Gasteiger charge is 2.11. The molecule has 1 aromatic carbocycles. The summed E-state index contributed by atoms with van der Waals surface area (Å²) in [6.07, 6.45) is 3.38. The van der Waals surface area contributed by atoms with E-state index in [1.807, 2.05) is 13.0 Å². The molecule has 0 amide bonds. The van der Waals surface area contributed by atoms with Crippen LogP contribution in [-0.2, 0) is 6.42 Å². The van der Waals surface area contributed by atoms with Gasteiger partial charge in [0, 0.05) is 6.04 Å². The second-order valence-corrected chi connectivity index (χ2v) is 5.37. The van der Waals surface area contributed by atoms with Gasteiger partial charge in [0.15, 0.2) is 0 Å². The lowest BCUT2D eigenvalue weighted by molar-refractivity contribution is 0.377. The van der Waals surface area contributed by atoms with E-state index in [9.17, 15) is 4.39 Å². The van der Waals surface area contributed by atoms with E-state index in [1.165, 1.54) is 12.0 Å². The molecule has 0 bridgehead atoms. The normalized spacial score (nSPS) is 13.0. The van der Waals surface area contributed by atoms with Crippen molar-refractivity contribution >= 4 is 0 Å². The van der Waals surface area contributed by atoms with Crippen molar-refractivity contribution in [1.82, 2.24) is 5.32 Å². The molecule has 0 spiro atoms. The Morgan fingerprint density at radius 2 is 2.00 bits per heavy atom. The molecule has 0 fully saturated rings. The second kappa shape index (κ2) is 7.52. The van der Waals surface area contributed by atoms with Crippen LogP contribution in [0.1, 0.15) is 44.7 Å². The maximum Gasteiger partial charge on any atom is 0.123 e. The zero-order chi connectivity index (χ0) is 13.5. The number of benzene rings is 1. The third-order valence-electron chi connectivity index (χ3n) is 3.54. The lowest BCUT2D eigenvalue weighted by Crippen LogP contribution is -2.33. The Morgan fingerprint density at radius 3 is 2.56 bits per heavy atom. The van der Waals surface area contributed by atoms with Crippen molar-refractivity contribution in [2.45, 2.75) is 53.0 Å². The first-order chi connectivity index (χ1) is 8.54. The van der Waals surface area contributed by atoms with Gasteiger partial charge in [-0.1, -0.05) is 26.8 Å². The molecule has 1 nitrogen and oxygen atoms in total. The van der Waals surface area contributed by atoms with Crippen LogP contribution in [0.15, 0.2) is 18.2 Å². The summed E-state index contributed by atoms with van der Waals surface area (Å²) in [6.45, 7) is 9.69. The first-order valence-corrected chi connectivity index (χ1v) is 7.03. The fourth-order valence-electron chi connectivity index (χ4n) is 2.39. The van der Waals surface area contributed by atoms with E-state index < -0.39 is 0 Å². The van der Waals surface area contributed by atoms with Crippen LogP contribution in [0.3, 0.4) is 0 Å². The standard InChI is InChI=1S/C16H26FN/c1-5-18-16(12(2)3)8-6-7-14-9-10-15(17)11-13(14)4/h9-12,16,18H,5-8H2,1-4H3. The zero-order valence-corrected chi connectivity index (χ0v) is 12.1. The third-order valence-corrected chi connectivity index (χ3v) is 3.54. The summed E-state index contributed by atoms with van der Waals surface area (Å²) in [4.78, 5) is 0. The van der Waals surface area contributed by atoms with Gasteiger partial charge in [0.25, 0.3) is 0 Å². The largest absolute Gasteiger partial charge is 0.314 e. The molecule has 0 aromatic heterocycles. The van der Waals surface area contributed by atoms with Gasteiger partial charge < -0.3 is 5.32 Å². The van der Waals surface area contributed by atoms with Crippen LogP contribution in [0.25, 0.3) is 0 Å². The first-order valence-electron chi connectivity index (χ1n) is 7.03. The van der Waals surface area contributed by atoms with Gasteiger partial charge in [-0.2, -0.15) is 0 Å². The smallest absolute Gasteiger partial charge is 0.123 e. The quantitative estimate of drug-likeness (QED) is 0.769. The van der Waals surface area contributed by atoms with E-state index in [1.54, 1.807) is 12.1 Å². The van der Waals surface area contributed by atoms with Gasteiger partial charge >= 0.3 is 0 Å². The SMILES string of the molecule is CCNC(CCCc1ccc(F)cc1C)C(C)C. The van der Waals surface area contributed by atoms with E-state index in [4.69, 9.17) is 0 Å². The second-order valence-electron chi connectivity index (χ2n) is 5.37. The van der Waals surface area contributed by atoms with E-state index in [-0.39, 0.29) is 5.82 Å². The summed E-state index contributed by atoms with van der Waals surface area (Å²) in [5.74, 6) is 0.531. The average Bonchev–Trinajstić information content (AvgIpc) is 2.30. The van der Waals surface area contributed by atoms with E-state index in [0.717, 1.165) is 24.9 Å². The zero-order valence-electron chi connectivity index (χ0n) is 12.1. The Morgan fingerprint density at radius 1 is 1.28 bits per heavy atom. The molecule has 1 rings (SSSR count). The Bertz CT molecular complexity index is 360. The maximum atomic E-state index is 13.0. The Labute approximate surface area is 111 Å². The molecule has 2 heteroatoms. The highest BCUT2D eigenvalue weighted by atomic mass is 19.1. The molecule has 0 saturated heterocycles. The topological polar surface area (TPSA) is 12.0 Å². The lowest BCUT2D eigenvalue weighted by Gasteiger charge is -2.21. The van der Waals surface area contributed by atoms with Crippen LogP contribution >= 0.6 is 0 Å². The molecule has 1 atom stereocenters. The van der Waals surface area contributed by atoms with Gasteiger partial charge in [-0.3, -0.25) is 0 Å². The van der Waals surface area contributed by atoms with E-state index >= 15 is 0 Å². The highest BCUT2D eigenvalue weighted by Crippen LogP contribution is 2.15. The molecular weight excluding hydrogens is 225 g/mol. The minimum absolute atomic E-state index is 0.135. The summed E-state index contributed by atoms with van der Waals surface area (Å²) < 4.78 is 13.0. The monoisotopic (exact) mass is 251 g/mol. The lowest BCUT2D eigenvalue weighted by atomic mass is 9.95. The molecule has 18 heavy (non-hydrogen) atoms. The molecule has 0 heterocycles. The predicted molar refractivity (Wildman–Crippen MR) is 76.4 cm³/mol. The van der Waals surface area contributed by atoms with Crippen LogP contribution in [0.4, 0.5) is 4.39 Å². The van der Waals surface area contributed by atoms with Crippen LogP contribution in [0.5, 0.6) is 0 Å². The van der Waals surface area contributed by atoms with Gasteiger partial charge in [-0.05, 0) is 61.9 Å². The van der Waals surface area contributed by atoms with Crippen LogP contribution in [0, 0.1) is 18.7 Å². The number of aryl methyl sites for hydroxylation is 2. The van der Waals surface area contributed by atoms with Gasteiger partial charge in [-0.25, -0.2) is 4.39 Å². The van der Waals surface area contributed by atoms with Crippen molar-refractivity contribution in [3.8, 4) is 0 Å². The van der Waals surface area contributed by atoms with Crippen molar-refractivity contribution in [3.05, 3.63) is 35.1 Å². The molecule has 0 radical (unpaired) electrons. The van der Waals surface area contributed by atoms with Crippen LogP contribution < -0.4 is 5.32 Å². The Balaban J connectivity index is 2.45. The molecule has 1 aromatic rings. The Kier molecular flexibility index (Phi) is 6.34. The number of halogens is 1. The molecule has 102 valence electrons. The highest BCUT2D eigenvalue weighted by molar-refractivity contribution is 5.26.